The van der Waals surface area contributed by atoms with Crippen LogP contribution in [0.5, 0.6) is 0 Å². The Balaban J connectivity index is 1.29. The number of hydrogen-bond donors (Lipinski definition) is 0. The third-order valence-corrected chi connectivity index (χ3v) is 11.1. The number of alkyl halides is 4. The zero-order valence-corrected chi connectivity index (χ0v) is 31.0. The van der Waals surface area contributed by atoms with Gasteiger partial charge in [0, 0.05) is 45.0 Å². The number of benzene rings is 3. The highest BCUT2D eigenvalue weighted by molar-refractivity contribution is 14.1. The summed E-state index contributed by atoms with van der Waals surface area (Å²) in [6.07, 6.45) is 2.80. The van der Waals surface area contributed by atoms with Crippen molar-refractivity contribution in [2.45, 2.75) is 41.9 Å². The number of piperidine rings is 1. The van der Waals surface area contributed by atoms with Crippen molar-refractivity contribution in [3.05, 3.63) is 137 Å². The first-order valence-corrected chi connectivity index (χ1v) is 18.9. The van der Waals surface area contributed by atoms with Crippen molar-refractivity contribution in [2.24, 2.45) is 5.92 Å². The summed E-state index contributed by atoms with van der Waals surface area (Å²) in [6, 6.07) is 27.7. The number of amides is 2. The topological polar surface area (TPSA) is 66.0 Å². The molecule has 7 nitrogen and oxygen atoms in total. The molecule has 2 aliphatic rings. The number of aromatic nitrogens is 1. The second-order valence-corrected chi connectivity index (χ2v) is 14.6. The fourth-order valence-electron chi connectivity index (χ4n) is 6.77. The molecule has 2 atom stereocenters. The number of hydrogen-bond acceptors (Lipinski definition) is 5. The fraction of sp³-hybridized carbons (Fsp3) is 0.341. The summed E-state index contributed by atoms with van der Waals surface area (Å²) in [4.78, 5) is 39.4. The predicted octanol–water partition coefficient (Wildman–Crippen LogP) is 8.01. The number of likely N-dealkylation sites (tertiary alicyclic amines) is 1. The standard InChI is InChI=1S/C41H42F3IN4O3/c42-41(43,44)35-15-11-30(12-16-35)14-18-37(50)49(29-33-13-17-36(46-28-33)47-23-25-52-26-24-47)39(38(45)34-9-5-2-6-10-34)40(51)48-21-19-32(20-22-48)27-31-7-3-1-4-8-31/h1-18,28,32,38-39H,19-27,29H2. The van der Waals surface area contributed by atoms with Crippen molar-refractivity contribution in [2.75, 3.05) is 44.3 Å². The minimum absolute atomic E-state index is 0.111. The van der Waals surface area contributed by atoms with Crippen molar-refractivity contribution >= 4 is 46.3 Å². The Morgan fingerprint density at radius 3 is 2.13 bits per heavy atom. The van der Waals surface area contributed by atoms with E-state index in [0.717, 1.165) is 61.4 Å². The van der Waals surface area contributed by atoms with E-state index < -0.39 is 27.6 Å². The number of rotatable bonds is 11. The Kier molecular flexibility index (Phi) is 12.6. The maximum atomic E-state index is 14.7. The number of anilines is 1. The van der Waals surface area contributed by atoms with Crippen LogP contribution in [0.2, 0.25) is 0 Å². The molecule has 2 unspecified atom stereocenters. The van der Waals surface area contributed by atoms with Gasteiger partial charge in [-0.2, -0.15) is 13.2 Å². The largest absolute Gasteiger partial charge is 0.416 e. The van der Waals surface area contributed by atoms with Crippen LogP contribution in [-0.2, 0) is 33.5 Å². The quantitative estimate of drug-likeness (QED) is 0.0873. The maximum absolute atomic E-state index is 14.7. The van der Waals surface area contributed by atoms with Crippen LogP contribution in [0, 0.1) is 5.92 Å². The van der Waals surface area contributed by atoms with Gasteiger partial charge in [0.15, 0.2) is 0 Å². The van der Waals surface area contributed by atoms with Crippen molar-refractivity contribution in [3.63, 3.8) is 0 Å². The van der Waals surface area contributed by atoms with E-state index >= 15 is 0 Å². The fourth-order valence-corrected chi connectivity index (χ4v) is 7.88. The van der Waals surface area contributed by atoms with E-state index in [9.17, 15) is 22.8 Å². The Morgan fingerprint density at radius 2 is 1.52 bits per heavy atom. The Hall–Kier alpha value is -4.23. The summed E-state index contributed by atoms with van der Waals surface area (Å²) < 4.78 is 44.7. The number of nitrogens with zero attached hydrogens (tertiary/aromatic N) is 4. The van der Waals surface area contributed by atoms with Crippen molar-refractivity contribution in [1.29, 1.82) is 0 Å². The number of pyridine rings is 1. The molecule has 0 aliphatic carbocycles. The number of ether oxygens (including phenoxy) is 1. The first-order chi connectivity index (χ1) is 25.2. The molecule has 0 radical (unpaired) electrons. The summed E-state index contributed by atoms with van der Waals surface area (Å²) >= 11 is 2.27. The lowest BCUT2D eigenvalue weighted by Crippen LogP contribution is -2.53. The van der Waals surface area contributed by atoms with Gasteiger partial charge in [0.2, 0.25) is 11.8 Å². The Labute approximate surface area is 316 Å². The van der Waals surface area contributed by atoms with Crippen molar-refractivity contribution < 1.29 is 27.5 Å². The molecule has 3 aromatic carbocycles. The minimum Gasteiger partial charge on any atom is -0.378 e. The molecule has 0 bridgehead atoms. The lowest BCUT2D eigenvalue weighted by atomic mass is 9.89. The lowest BCUT2D eigenvalue weighted by Gasteiger charge is -2.39. The van der Waals surface area contributed by atoms with Crippen LogP contribution >= 0.6 is 22.6 Å². The van der Waals surface area contributed by atoms with E-state index in [4.69, 9.17) is 9.72 Å². The number of carbonyl (C=O) groups excluding carboxylic acids is 2. The average molecular weight is 823 g/mol. The van der Waals surface area contributed by atoms with Gasteiger partial charge < -0.3 is 19.4 Å². The SMILES string of the molecule is O=C(C(C(I)c1ccccc1)N(Cc1ccc(N2CCOCC2)nc1)C(=O)C=Cc1ccc(C(F)(F)F)cc1)N1CCC(Cc2ccccc2)CC1. The molecule has 2 amide bonds. The second kappa shape index (κ2) is 17.5. The Bertz CT molecular complexity index is 1780. The molecule has 1 aromatic heterocycles. The summed E-state index contributed by atoms with van der Waals surface area (Å²) in [7, 11) is 0. The van der Waals surface area contributed by atoms with Crippen LogP contribution in [0.15, 0.2) is 109 Å². The molecule has 6 rings (SSSR count). The first-order valence-electron chi connectivity index (χ1n) is 17.6. The molecule has 2 aliphatic heterocycles. The molecule has 0 spiro atoms. The van der Waals surface area contributed by atoms with Gasteiger partial charge in [-0.05, 0) is 71.7 Å². The molecule has 2 fully saturated rings. The molecule has 3 heterocycles. The highest BCUT2D eigenvalue weighted by Crippen LogP contribution is 2.35. The van der Waals surface area contributed by atoms with Gasteiger partial charge in [-0.3, -0.25) is 9.59 Å². The summed E-state index contributed by atoms with van der Waals surface area (Å²) in [5.74, 6) is 0.715. The third kappa shape index (κ3) is 9.80. The van der Waals surface area contributed by atoms with E-state index in [2.05, 4.69) is 39.6 Å². The minimum atomic E-state index is -4.46. The molecule has 4 aromatic rings. The van der Waals surface area contributed by atoms with Crippen LogP contribution in [0.4, 0.5) is 19.0 Å². The molecule has 0 saturated carbocycles. The zero-order chi connectivity index (χ0) is 36.5. The van der Waals surface area contributed by atoms with Gasteiger partial charge >= 0.3 is 6.18 Å². The van der Waals surface area contributed by atoms with E-state index in [1.165, 1.54) is 29.8 Å². The zero-order valence-electron chi connectivity index (χ0n) is 28.8. The van der Waals surface area contributed by atoms with E-state index in [-0.39, 0.29) is 12.5 Å². The van der Waals surface area contributed by atoms with Crippen LogP contribution in [-0.4, -0.2) is 72.0 Å². The van der Waals surface area contributed by atoms with Crippen molar-refractivity contribution in [3.8, 4) is 0 Å². The third-order valence-electron chi connectivity index (χ3n) is 9.71. The van der Waals surface area contributed by atoms with E-state index in [0.29, 0.717) is 37.8 Å². The van der Waals surface area contributed by atoms with Gasteiger partial charge in [-0.25, -0.2) is 4.98 Å². The summed E-state index contributed by atoms with van der Waals surface area (Å²) in [5, 5.41) is 0. The lowest BCUT2D eigenvalue weighted by molar-refractivity contribution is -0.145. The average Bonchev–Trinajstić information content (AvgIpc) is 3.18. The van der Waals surface area contributed by atoms with Crippen LogP contribution in [0.25, 0.3) is 6.08 Å². The molecule has 52 heavy (non-hydrogen) atoms. The molecule has 0 N–H and O–H groups in total. The smallest absolute Gasteiger partial charge is 0.378 e. The summed E-state index contributed by atoms with van der Waals surface area (Å²) in [6.45, 7) is 4.01. The molecular formula is C41H42F3IN4O3. The van der Waals surface area contributed by atoms with Gasteiger partial charge in [0.05, 0.1) is 22.7 Å². The predicted molar refractivity (Wildman–Crippen MR) is 205 cm³/mol. The monoisotopic (exact) mass is 822 g/mol. The number of carbonyl (C=O) groups is 2. The van der Waals surface area contributed by atoms with Crippen LogP contribution in [0.3, 0.4) is 0 Å². The molecule has 2 saturated heterocycles. The van der Waals surface area contributed by atoms with Gasteiger partial charge in [0.1, 0.15) is 11.9 Å². The second-order valence-electron chi connectivity index (χ2n) is 13.3. The summed E-state index contributed by atoms with van der Waals surface area (Å²) in [5.41, 5.74) is 2.62. The van der Waals surface area contributed by atoms with Gasteiger partial charge in [-0.15, -0.1) is 0 Å². The van der Waals surface area contributed by atoms with Crippen LogP contribution in [0.1, 0.15) is 44.6 Å². The Morgan fingerprint density at radius 1 is 0.865 bits per heavy atom. The van der Waals surface area contributed by atoms with E-state index in [1.807, 2.05) is 65.6 Å². The number of halogens is 4. The van der Waals surface area contributed by atoms with Gasteiger partial charge in [-0.1, -0.05) is 101 Å². The number of morpholine rings is 1. The highest BCUT2D eigenvalue weighted by Gasteiger charge is 2.39. The first kappa shape index (κ1) is 37.5. The molecule has 272 valence electrons. The van der Waals surface area contributed by atoms with E-state index in [1.54, 1.807) is 11.1 Å². The van der Waals surface area contributed by atoms with Crippen LogP contribution < -0.4 is 4.90 Å². The molecular weight excluding hydrogens is 780 g/mol. The van der Waals surface area contributed by atoms with Crippen molar-refractivity contribution in [1.82, 2.24) is 14.8 Å². The molecule has 11 heteroatoms. The maximum Gasteiger partial charge on any atom is 0.416 e. The normalized spacial score (nSPS) is 16.8. The highest BCUT2D eigenvalue weighted by atomic mass is 127. The van der Waals surface area contributed by atoms with Gasteiger partial charge in [0.25, 0.3) is 0 Å².